The molecule has 0 spiro atoms. The smallest absolute Gasteiger partial charge is 0.138 e. The molecule has 0 radical (unpaired) electrons. The van der Waals surface area contributed by atoms with Crippen LogP contribution in [0.1, 0.15) is 0 Å². The van der Waals surface area contributed by atoms with Gasteiger partial charge in [-0.3, -0.25) is 0 Å². The van der Waals surface area contributed by atoms with E-state index in [1.54, 1.807) is 26.4 Å². The zero-order valence-electron chi connectivity index (χ0n) is 11.8. The molecule has 0 aliphatic carbocycles. The molecular formula is C15H15ClO4S. The molecule has 0 amide bonds. The molecule has 1 N–H and O–H groups in total. The molecule has 4 nitrogen and oxygen atoms in total. The lowest BCUT2D eigenvalue weighted by atomic mass is 10.3. The Labute approximate surface area is 132 Å². The second-order valence-electron chi connectivity index (χ2n) is 4.11. The van der Waals surface area contributed by atoms with Gasteiger partial charge in [-0.15, -0.1) is 0 Å². The number of ether oxygens (including phenoxy) is 3. The number of halogens is 1. The van der Waals surface area contributed by atoms with Gasteiger partial charge in [-0.25, -0.2) is 0 Å². The minimum absolute atomic E-state index is 0.0612. The van der Waals surface area contributed by atoms with Crippen molar-refractivity contribution in [3.63, 3.8) is 0 Å². The van der Waals surface area contributed by atoms with Gasteiger partial charge in [0.05, 0.1) is 26.2 Å². The maximum Gasteiger partial charge on any atom is 0.138 e. The van der Waals surface area contributed by atoms with Crippen LogP contribution in [-0.4, -0.2) is 26.4 Å². The molecule has 0 bridgehead atoms. The highest BCUT2D eigenvalue weighted by atomic mass is 35.5. The van der Waals surface area contributed by atoms with Crippen LogP contribution in [0.5, 0.6) is 23.0 Å². The van der Waals surface area contributed by atoms with Gasteiger partial charge in [0.1, 0.15) is 23.0 Å². The SMILES string of the molecule is COc1cc(OC)cc(Sc2c(O)cc(Cl)cc2OC)c1. The molecule has 0 saturated heterocycles. The van der Waals surface area contributed by atoms with Gasteiger partial charge in [0.25, 0.3) is 0 Å². The first kappa shape index (κ1) is 15.7. The molecule has 0 saturated carbocycles. The fourth-order valence-electron chi connectivity index (χ4n) is 1.77. The Kier molecular flexibility index (Phi) is 5.09. The van der Waals surface area contributed by atoms with Gasteiger partial charge in [0, 0.05) is 22.1 Å². The van der Waals surface area contributed by atoms with Crippen molar-refractivity contribution in [2.45, 2.75) is 9.79 Å². The standard InChI is InChI=1S/C15H15ClO4S/c1-18-10-6-11(19-2)8-12(7-10)21-15-13(17)4-9(16)5-14(15)20-3/h4-8,17H,1-3H3. The van der Waals surface area contributed by atoms with Crippen LogP contribution in [0, 0.1) is 0 Å². The Morgan fingerprint density at radius 1 is 0.905 bits per heavy atom. The third-order valence-corrected chi connectivity index (χ3v) is 4.07. The highest BCUT2D eigenvalue weighted by Gasteiger charge is 2.14. The predicted molar refractivity (Wildman–Crippen MR) is 83.3 cm³/mol. The van der Waals surface area contributed by atoms with Crippen molar-refractivity contribution in [2.75, 3.05) is 21.3 Å². The van der Waals surface area contributed by atoms with Crippen molar-refractivity contribution >= 4 is 23.4 Å². The Morgan fingerprint density at radius 2 is 1.52 bits per heavy atom. The first-order chi connectivity index (χ1) is 10.1. The van der Waals surface area contributed by atoms with E-state index in [1.807, 2.05) is 12.1 Å². The molecule has 2 rings (SSSR count). The molecule has 112 valence electrons. The normalized spacial score (nSPS) is 10.3. The average Bonchev–Trinajstić information content (AvgIpc) is 2.49. The number of hydrogen-bond donors (Lipinski definition) is 1. The Morgan fingerprint density at radius 3 is 2.05 bits per heavy atom. The summed E-state index contributed by atoms with van der Waals surface area (Å²) in [6.45, 7) is 0. The average molecular weight is 327 g/mol. The summed E-state index contributed by atoms with van der Waals surface area (Å²) in [5.74, 6) is 1.91. The zero-order valence-corrected chi connectivity index (χ0v) is 13.4. The van der Waals surface area contributed by atoms with E-state index in [4.69, 9.17) is 25.8 Å². The molecule has 0 aliphatic rings. The zero-order chi connectivity index (χ0) is 15.4. The van der Waals surface area contributed by atoms with Crippen molar-refractivity contribution in [1.82, 2.24) is 0 Å². The maximum absolute atomic E-state index is 10.1. The summed E-state index contributed by atoms with van der Waals surface area (Å²) in [4.78, 5) is 1.43. The number of phenols is 1. The number of methoxy groups -OCH3 is 3. The van der Waals surface area contributed by atoms with Gasteiger partial charge in [0.2, 0.25) is 0 Å². The van der Waals surface area contributed by atoms with E-state index in [1.165, 1.54) is 24.9 Å². The lowest BCUT2D eigenvalue weighted by Gasteiger charge is -2.12. The van der Waals surface area contributed by atoms with E-state index in [2.05, 4.69) is 0 Å². The summed E-state index contributed by atoms with van der Waals surface area (Å²) < 4.78 is 15.7. The molecule has 0 heterocycles. The van der Waals surface area contributed by atoms with Crippen molar-refractivity contribution in [1.29, 1.82) is 0 Å². The maximum atomic E-state index is 10.1. The largest absolute Gasteiger partial charge is 0.507 e. The van der Waals surface area contributed by atoms with E-state index < -0.39 is 0 Å². The molecule has 2 aromatic rings. The number of aromatic hydroxyl groups is 1. The minimum Gasteiger partial charge on any atom is -0.507 e. The van der Waals surface area contributed by atoms with E-state index >= 15 is 0 Å². The fourth-order valence-corrected chi connectivity index (χ4v) is 2.96. The lowest BCUT2D eigenvalue weighted by molar-refractivity contribution is 0.390. The first-order valence-corrected chi connectivity index (χ1v) is 7.24. The predicted octanol–water partition coefficient (Wildman–Crippen LogP) is 4.22. The number of phenolic OH excluding ortho intramolecular Hbond substituents is 1. The van der Waals surface area contributed by atoms with E-state index in [-0.39, 0.29) is 5.75 Å². The second kappa shape index (κ2) is 6.83. The number of benzene rings is 2. The van der Waals surface area contributed by atoms with E-state index in [9.17, 15) is 5.11 Å². The van der Waals surface area contributed by atoms with Crippen molar-refractivity contribution in [3.05, 3.63) is 35.4 Å². The van der Waals surface area contributed by atoms with Crippen LogP contribution in [0.4, 0.5) is 0 Å². The monoisotopic (exact) mass is 326 g/mol. The van der Waals surface area contributed by atoms with Crippen LogP contribution in [-0.2, 0) is 0 Å². The van der Waals surface area contributed by atoms with Crippen LogP contribution in [0.25, 0.3) is 0 Å². The highest BCUT2D eigenvalue weighted by Crippen LogP contribution is 2.44. The lowest BCUT2D eigenvalue weighted by Crippen LogP contribution is -1.90. The van der Waals surface area contributed by atoms with Crippen molar-refractivity contribution in [2.24, 2.45) is 0 Å². The van der Waals surface area contributed by atoms with Crippen LogP contribution < -0.4 is 14.2 Å². The number of rotatable bonds is 5. The second-order valence-corrected chi connectivity index (χ2v) is 5.63. The molecule has 0 fully saturated rings. The third kappa shape index (κ3) is 3.68. The molecule has 0 aromatic heterocycles. The summed E-state index contributed by atoms with van der Waals surface area (Å²) in [5.41, 5.74) is 0. The summed E-state index contributed by atoms with van der Waals surface area (Å²) in [7, 11) is 4.70. The molecular weight excluding hydrogens is 312 g/mol. The van der Waals surface area contributed by atoms with E-state index in [0.29, 0.717) is 27.2 Å². The van der Waals surface area contributed by atoms with Gasteiger partial charge in [-0.1, -0.05) is 23.4 Å². The Hall–Kier alpha value is -1.72. The Bertz CT molecular complexity index is 624. The van der Waals surface area contributed by atoms with Crippen LogP contribution in [0.3, 0.4) is 0 Å². The molecule has 6 heteroatoms. The quantitative estimate of drug-likeness (QED) is 0.891. The molecule has 0 atom stereocenters. The number of hydrogen-bond acceptors (Lipinski definition) is 5. The van der Waals surface area contributed by atoms with Crippen LogP contribution in [0.15, 0.2) is 40.1 Å². The molecule has 0 aliphatic heterocycles. The highest BCUT2D eigenvalue weighted by molar-refractivity contribution is 7.99. The minimum atomic E-state index is 0.0612. The van der Waals surface area contributed by atoms with Gasteiger partial charge in [0.15, 0.2) is 0 Å². The van der Waals surface area contributed by atoms with E-state index in [0.717, 1.165) is 4.90 Å². The van der Waals surface area contributed by atoms with Crippen LogP contribution in [0.2, 0.25) is 5.02 Å². The van der Waals surface area contributed by atoms with Crippen LogP contribution >= 0.6 is 23.4 Å². The first-order valence-electron chi connectivity index (χ1n) is 6.04. The molecule has 0 unspecified atom stereocenters. The topological polar surface area (TPSA) is 47.9 Å². The summed E-state index contributed by atoms with van der Waals surface area (Å²) in [5, 5.41) is 10.5. The summed E-state index contributed by atoms with van der Waals surface area (Å²) in [6, 6.07) is 8.61. The summed E-state index contributed by atoms with van der Waals surface area (Å²) >= 11 is 7.25. The van der Waals surface area contributed by atoms with Gasteiger partial charge < -0.3 is 19.3 Å². The Balaban J connectivity index is 2.42. The fraction of sp³-hybridized carbons (Fsp3) is 0.200. The van der Waals surface area contributed by atoms with Gasteiger partial charge >= 0.3 is 0 Å². The third-order valence-electron chi connectivity index (χ3n) is 2.76. The molecule has 2 aromatic carbocycles. The van der Waals surface area contributed by atoms with Gasteiger partial charge in [-0.05, 0) is 18.2 Å². The summed E-state index contributed by atoms with van der Waals surface area (Å²) in [6.07, 6.45) is 0. The molecule has 21 heavy (non-hydrogen) atoms. The van der Waals surface area contributed by atoms with Crippen molar-refractivity contribution in [3.8, 4) is 23.0 Å². The van der Waals surface area contributed by atoms with Gasteiger partial charge in [-0.2, -0.15) is 0 Å². The van der Waals surface area contributed by atoms with Crippen molar-refractivity contribution < 1.29 is 19.3 Å².